The van der Waals surface area contributed by atoms with Crippen LogP contribution in [0.2, 0.25) is 0 Å². The maximum atomic E-state index is 3.11. The van der Waals surface area contributed by atoms with Gasteiger partial charge in [-0.15, -0.1) is 5.92 Å². The van der Waals surface area contributed by atoms with E-state index in [0.29, 0.717) is 0 Å². The van der Waals surface area contributed by atoms with Crippen molar-refractivity contribution in [3.8, 4) is 11.8 Å². The summed E-state index contributed by atoms with van der Waals surface area (Å²) in [5.41, 5.74) is 3.43. The number of hydrogen-bond acceptors (Lipinski definition) is 0. The minimum Gasteiger partial charge on any atom is -0.101 e. The highest BCUT2D eigenvalue weighted by Gasteiger charge is 1.93. The van der Waals surface area contributed by atoms with Crippen molar-refractivity contribution in [1.82, 2.24) is 0 Å². The zero-order valence-electron chi connectivity index (χ0n) is 9.85. The minimum atomic E-state index is 1.07. The Morgan fingerprint density at radius 2 is 1.53 bits per heavy atom. The lowest BCUT2D eigenvalue weighted by Crippen LogP contribution is -1.80. The van der Waals surface area contributed by atoms with Gasteiger partial charge in [0.25, 0.3) is 0 Å². The van der Waals surface area contributed by atoms with Crippen LogP contribution in [0.5, 0.6) is 0 Å². The van der Waals surface area contributed by atoms with Crippen molar-refractivity contribution in [3.05, 3.63) is 71.3 Å². The second-order valence-corrected chi connectivity index (χ2v) is 3.71. The summed E-state index contributed by atoms with van der Waals surface area (Å²) in [6.07, 6.45) is 4.21. The van der Waals surface area contributed by atoms with Crippen LogP contribution in [-0.2, 0) is 0 Å². The molecule has 0 nitrogen and oxygen atoms in total. The van der Waals surface area contributed by atoms with E-state index < -0.39 is 0 Å². The van der Waals surface area contributed by atoms with Gasteiger partial charge in [-0.3, -0.25) is 0 Å². The lowest BCUT2D eigenvalue weighted by molar-refractivity contribution is 1.59. The highest BCUT2D eigenvalue weighted by molar-refractivity contribution is 5.72. The second-order valence-electron chi connectivity index (χ2n) is 3.71. The normalized spacial score (nSPS) is 9.94. The van der Waals surface area contributed by atoms with Crippen molar-refractivity contribution in [3.63, 3.8) is 0 Å². The first-order valence-corrected chi connectivity index (χ1v) is 5.65. The molecule has 2 aromatic rings. The molecule has 0 saturated carbocycles. The molecule has 0 fully saturated rings. The fourth-order valence-electron chi connectivity index (χ4n) is 1.64. The van der Waals surface area contributed by atoms with E-state index in [9.17, 15) is 0 Å². The van der Waals surface area contributed by atoms with Crippen LogP contribution in [0.1, 0.15) is 23.6 Å². The Hall–Kier alpha value is -2.26. The zero-order chi connectivity index (χ0) is 11.9. The topological polar surface area (TPSA) is 0 Å². The first-order chi connectivity index (χ1) is 8.40. The van der Waals surface area contributed by atoms with E-state index in [4.69, 9.17) is 0 Å². The predicted molar refractivity (Wildman–Crippen MR) is 74.4 cm³/mol. The van der Waals surface area contributed by atoms with Gasteiger partial charge in [0.05, 0.1) is 0 Å². The van der Waals surface area contributed by atoms with E-state index in [1.165, 1.54) is 5.56 Å². The van der Waals surface area contributed by atoms with Crippen LogP contribution < -0.4 is 0 Å². The monoisotopic (exact) mass is 218 g/mol. The predicted octanol–water partition coefficient (Wildman–Crippen LogP) is 4.23. The van der Waals surface area contributed by atoms with E-state index in [1.54, 1.807) is 0 Å². The minimum absolute atomic E-state index is 1.07. The number of rotatable bonds is 2. The molecule has 0 aromatic heterocycles. The summed E-state index contributed by atoms with van der Waals surface area (Å²) < 4.78 is 0. The van der Waals surface area contributed by atoms with E-state index in [0.717, 1.165) is 11.1 Å². The van der Waals surface area contributed by atoms with Crippen LogP contribution in [0.3, 0.4) is 0 Å². The summed E-state index contributed by atoms with van der Waals surface area (Å²) in [4.78, 5) is 0. The molecular formula is C17H14. The van der Waals surface area contributed by atoms with Crippen LogP contribution >= 0.6 is 0 Å². The van der Waals surface area contributed by atoms with Crippen LogP contribution in [0.15, 0.2) is 54.6 Å². The third-order valence-corrected chi connectivity index (χ3v) is 2.48. The second kappa shape index (κ2) is 5.72. The molecule has 2 aromatic carbocycles. The maximum absolute atomic E-state index is 3.11. The molecular weight excluding hydrogens is 204 g/mol. The summed E-state index contributed by atoms with van der Waals surface area (Å²) in [6.45, 7) is 1.86. The van der Waals surface area contributed by atoms with E-state index in [2.05, 4.69) is 42.2 Å². The molecule has 0 unspecified atom stereocenters. The average molecular weight is 218 g/mol. The summed E-state index contributed by atoms with van der Waals surface area (Å²) in [5.74, 6) is 6.05. The van der Waals surface area contributed by atoms with Crippen molar-refractivity contribution in [2.45, 2.75) is 6.92 Å². The lowest BCUT2D eigenvalue weighted by Gasteiger charge is -1.98. The third kappa shape index (κ3) is 3.09. The van der Waals surface area contributed by atoms with Gasteiger partial charge in [-0.25, -0.2) is 0 Å². The Morgan fingerprint density at radius 3 is 2.29 bits per heavy atom. The summed E-state index contributed by atoms with van der Waals surface area (Å²) in [5, 5.41) is 0. The molecule has 2 rings (SSSR count). The van der Waals surface area contributed by atoms with Gasteiger partial charge in [0.2, 0.25) is 0 Å². The van der Waals surface area contributed by atoms with Crippen LogP contribution in [0.25, 0.3) is 12.2 Å². The molecule has 0 atom stereocenters. The molecule has 0 heteroatoms. The fourth-order valence-corrected chi connectivity index (χ4v) is 1.64. The van der Waals surface area contributed by atoms with Crippen molar-refractivity contribution in [1.29, 1.82) is 0 Å². The van der Waals surface area contributed by atoms with Crippen LogP contribution in [-0.4, -0.2) is 0 Å². The molecule has 0 aliphatic rings. The maximum Gasteiger partial charge on any atom is 0.0317 e. The standard InChI is InChI=1S/C17H14/c1-2-8-16-11-6-7-12-17(16)14-13-15-9-4-3-5-10-15/h3-7,9-14H,1H3. The van der Waals surface area contributed by atoms with Crippen molar-refractivity contribution in [2.24, 2.45) is 0 Å². The van der Waals surface area contributed by atoms with Gasteiger partial charge in [-0.05, 0) is 24.1 Å². The SMILES string of the molecule is CC#Cc1ccccc1C=Cc1ccccc1. The average Bonchev–Trinajstić information content (AvgIpc) is 2.39. The van der Waals surface area contributed by atoms with Gasteiger partial charge in [0.1, 0.15) is 0 Å². The molecule has 0 heterocycles. The largest absolute Gasteiger partial charge is 0.101 e. The fraction of sp³-hybridized carbons (Fsp3) is 0.0588. The Morgan fingerprint density at radius 1 is 0.824 bits per heavy atom. The van der Waals surface area contributed by atoms with Gasteiger partial charge < -0.3 is 0 Å². The molecule has 0 radical (unpaired) electrons. The van der Waals surface area contributed by atoms with Crippen molar-refractivity contribution in [2.75, 3.05) is 0 Å². The van der Waals surface area contributed by atoms with Gasteiger partial charge in [0.15, 0.2) is 0 Å². The van der Waals surface area contributed by atoms with Gasteiger partial charge in [-0.2, -0.15) is 0 Å². The Balaban J connectivity index is 2.29. The smallest absolute Gasteiger partial charge is 0.0317 e. The number of hydrogen-bond donors (Lipinski definition) is 0. The molecule has 0 aliphatic carbocycles. The molecule has 0 amide bonds. The first kappa shape index (κ1) is 11.2. The molecule has 0 N–H and O–H groups in total. The van der Waals surface area contributed by atoms with Gasteiger partial charge in [0, 0.05) is 5.56 Å². The summed E-state index contributed by atoms with van der Waals surface area (Å²) in [7, 11) is 0. The Labute approximate surface area is 103 Å². The summed E-state index contributed by atoms with van der Waals surface area (Å²) >= 11 is 0. The van der Waals surface area contributed by atoms with Gasteiger partial charge in [-0.1, -0.05) is 66.6 Å². The van der Waals surface area contributed by atoms with Crippen molar-refractivity contribution >= 4 is 12.2 Å². The lowest BCUT2D eigenvalue weighted by atomic mass is 10.1. The Bertz CT molecular complexity index is 566. The van der Waals surface area contributed by atoms with Crippen LogP contribution in [0.4, 0.5) is 0 Å². The quantitative estimate of drug-likeness (QED) is 0.522. The third-order valence-electron chi connectivity index (χ3n) is 2.48. The molecule has 0 saturated heterocycles. The van der Waals surface area contributed by atoms with Gasteiger partial charge >= 0.3 is 0 Å². The van der Waals surface area contributed by atoms with Crippen LogP contribution in [0, 0.1) is 11.8 Å². The summed E-state index contributed by atoms with van der Waals surface area (Å²) in [6, 6.07) is 18.4. The number of benzene rings is 2. The zero-order valence-corrected chi connectivity index (χ0v) is 9.85. The van der Waals surface area contributed by atoms with Crippen molar-refractivity contribution < 1.29 is 0 Å². The van der Waals surface area contributed by atoms with E-state index >= 15 is 0 Å². The molecule has 17 heavy (non-hydrogen) atoms. The molecule has 0 spiro atoms. The first-order valence-electron chi connectivity index (χ1n) is 5.65. The van der Waals surface area contributed by atoms with E-state index in [-0.39, 0.29) is 0 Å². The molecule has 0 aliphatic heterocycles. The molecule has 82 valence electrons. The highest BCUT2D eigenvalue weighted by Crippen LogP contribution is 2.12. The van der Waals surface area contributed by atoms with E-state index in [1.807, 2.05) is 43.3 Å². The highest BCUT2D eigenvalue weighted by atomic mass is 14.0. The Kier molecular flexibility index (Phi) is 3.78. The molecule has 0 bridgehead atoms.